The molecule has 3 aromatic rings. The Bertz CT molecular complexity index is 1350. The number of aliphatic carboxylic acids is 1. The fourth-order valence-corrected chi connectivity index (χ4v) is 4.87. The number of benzene rings is 2. The van der Waals surface area contributed by atoms with Crippen molar-refractivity contribution in [1.82, 2.24) is 4.90 Å². The molecule has 1 amide bonds. The summed E-state index contributed by atoms with van der Waals surface area (Å²) in [4.78, 5) is 39.6. The van der Waals surface area contributed by atoms with Crippen molar-refractivity contribution in [3.8, 4) is 5.75 Å². The van der Waals surface area contributed by atoms with Crippen LogP contribution >= 0.6 is 0 Å². The first kappa shape index (κ1) is 25.2. The zero-order chi connectivity index (χ0) is 25.9. The van der Waals surface area contributed by atoms with Gasteiger partial charge in [-0.25, -0.2) is 4.79 Å². The minimum absolute atomic E-state index is 0.0931. The van der Waals surface area contributed by atoms with Crippen molar-refractivity contribution in [1.29, 1.82) is 0 Å². The monoisotopic (exact) mass is 489 g/mol. The van der Waals surface area contributed by atoms with Crippen LogP contribution in [0.5, 0.6) is 5.75 Å². The fraction of sp³-hybridized carbons (Fsp3) is 0.345. The number of hydrogen-bond acceptors (Lipinski definition) is 5. The fourth-order valence-electron chi connectivity index (χ4n) is 4.87. The maximum atomic E-state index is 13.0. The van der Waals surface area contributed by atoms with Gasteiger partial charge in [-0.3, -0.25) is 9.59 Å². The third kappa shape index (κ3) is 5.05. The van der Waals surface area contributed by atoms with E-state index in [9.17, 15) is 19.5 Å². The Morgan fingerprint density at radius 2 is 1.83 bits per heavy atom. The normalized spacial score (nSPS) is 15.0. The topological polar surface area (TPSA) is 97.0 Å². The molecule has 188 valence electrons. The Labute approximate surface area is 210 Å². The molecule has 0 bridgehead atoms. The lowest BCUT2D eigenvalue weighted by Gasteiger charge is -2.39. The van der Waals surface area contributed by atoms with Crippen molar-refractivity contribution in [2.75, 3.05) is 19.7 Å². The van der Waals surface area contributed by atoms with Gasteiger partial charge in [0.05, 0.1) is 5.41 Å². The molecule has 4 rings (SSSR count). The van der Waals surface area contributed by atoms with Crippen LogP contribution in [-0.2, 0) is 21.4 Å². The maximum absolute atomic E-state index is 13.0. The lowest BCUT2D eigenvalue weighted by Crippen LogP contribution is -2.49. The molecule has 0 saturated carbocycles. The second-order valence-electron chi connectivity index (χ2n) is 9.53. The number of carboxylic acids is 1. The Morgan fingerprint density at radius 3 is 2.47 bits per heavy atom. The zero-order valence-electron chi connectivity index (χ0n) is 20.7. The highest BCUT2D eigenvalue weighted by atomic mass is 16.5. The molecule has 1 aromatic heterocycles. The molecule has 1 fully saturated rings. The van der Waals surface area contributed by atoms with Crippen molar-refractivity contribution in [3.63, 3.8) is 0 Å². The SMILES string of the molecule is C=C(C)COc1ccc2c(C)c(CCC(=O)N3CCC(C(=O)O)(c4ccccc4)CC3)c(=O)oc2c1. The summed E-state index contributed by atoms with van der Waals surface area (Å²) in [7, 11) is 0. The van der Waals surface area contributed by atoms with Crippen LogP contribution in [0.1, 0.15) is 42.9 Å². The summed E-state index contributed by atoms with van der Waals surface area (Å²) < 4.78 is 11.2. The number of amides is 1. The van der Waals surface area contributed by atoms with Gasteiger partial charge in [-0.2, -0.15) is 0 Å². The van der Waals surface area contributed by atoms with Crippen LogP contribution in [0.3, 0.4) is 0 Å². The number of carbonyl (C=O) groups excluding carboxylic acids is 1. The van der Waals surface area contributed by atoms with Crippen molar-refractivity contribution in [3.05, 3.63) is 87.8 Å². The Hall–Kier alpha value is -3.87. The molecule has 1 aliphatic rings. The van der Waals surface area contributed by atoms with Crippen molar-refractivity contribution < 1.29 is 23.8 Å². The molecule has 0 aliphatic carbocycles. The first-order valence-electron chi connectivity index (χ1n) is 12.1. The summed E-state index contributed by atoms with van der Waals surface area (Å²) in [6.45, 7) is 8.64. The van der Waals surface area contributed by atoms with Crippen LogP contribution in [0, 0.1) is 6.92 Å². The van der Waals surface area contributed by atoms with Gasteiger partial charge in [-0.15, -0.1) is 0 Å². The number of rotatable bonds is 8. The smallest absolute Gasteiger partial charge is 0.339 e. The summed E-state index contributed by atoms with van der Waals surface area (Å²) in [5, 5.41) is 10.8. The molecule has 0 unspecified atom stereocenters. The largest absolute Gasteiger partial charge is 0.489 e. The van der Waals surface area contributed by atoms with Gasteiger partial charge < -0.3 is 19.2 Å². The number of nitrogens with zero attached hydrogens (tertiary/aromatic N) is 1. The number of fused-ring (bicyclic) bond motifs is 1. The van der Waals surface area contributed by atoms with E-state index in [4.69, 9.17) is 9.15 Å². The summed E-state index contributed by atoms with van der Waals surface area (Å²) in [6, 6.07) is 14.6. The number of carbonyl (C=O) groups is 2. The molecule has 0 spiro atoms. The third-order valence-corrected chi connectivity index (χ3v) is 7.04. The van der Waals surface area contributed by atoms with Crippen LogP contribution < -0.4 is 10.4 Å². The minimum Gasteiger partial charge on any atom is -0.489 e. The highest BCUT2D eigenvalue weighted by molar-refractivity contribution is 5.84. The van der Waals surface area contributed by atoms with Crippen molar-refractivity contribution in [2.24, 2.45) is 0 Å². The summed E-state index contributed by atoms with van der Waals surface area (Å²) >= 11 is 0. The average molecular weight is 490 g/mol. The van der Waals surface area contributed by atoms with Gasteiger partial charge in [0.25, 0.3) is 0 Å². The van der Waals surface area contributed by atoms with Gasteiger partial charge in [0.2, 0.25) is 5.91 Å². The second-order valence-corrected chi connectivity index (χ2v) is 9.53. The van der Waals surface area contributed by atoms with Crippen LogP contribution in [0.2, 0.25) is 0 Å². The molecule has 7 heteroatoms. The second kappa shape index (κ2) is 10.4. The predicted molar refractivity (Wildman–Crippen MR) is 137 cm³/mol. The Balaban J connectivity index is 1.43. The molecular weight excluding hydrogens is 458 g/mol. The molecule has 2 heterocycles. The van der Waals surface area contributed by atoms with Gasteiger partial charge in [-0.1, -0.05) is 36.9 Å². The van der Waals surface area contributed by atoms with E-state index in [0.717, 1.165) is 22.1 Å². The Morgan fingerprint density at radius 1 is 1.14 bits per heavy atom. The van der Waals surface area contributed by atoms with E-state index >= 15 is 0 Å². The number of carboxylic acid groups (broad SMARTS) is 1. The molecule has 0 radical (unpaired) electrons. The maximum Gasteiger partial charge on any atom is 0.339 e. The van der Waals surface area contributed by atoms with Gasteiger partial charge >= 0.3 is 11.6 Å². The lowest BCUT2D eigenvalue weighted by atomic mass is 9.73. The number of hydrogen-bond donors (Lipinski definition) is 1. The van der Waals surface area contributed by atoms with E-state index < -0.39 is 17.0 Å². The van der Waals surface area contributed by atoms with Crippen molar-refractivity contribution >= 4 is 22.8 Å². The average Bonchev–Trinajstić information content (AvgIpc) is 2.87. The van der Waals surface area contributed by atoms with E-state index in [1.807, 2.05) is 56.3 Å². The van der Waals surface area contributed by atoms with Crippen LogP contribution in [-0.4, -0.2) is 41.6 Å². The predicted octanol–water partition coefficient (Wildman–Crippen LogP) is 4.63. The summed E-state index contributed by atoms with van der Waals surface area (Å²) in [5.74, 6) is -0.364. The van der Waals surface area contributed by atoms with Gasteiger partial charge in [0, 0.05) is 36.5 Å². The van der Waals surface area contributed by atoms with Gasteiger partial charge in [-0.05, 0) is 61.9 Å². The number of ether oxygens (including phenoxy) is 1. The van der Waals surface area contributed by atoms with Gasteiger partial charge in [0.15, 0.2) is 0 Å². The molecule has 1 saturated heterocycles. The van der Waals surface area contributed by atoms with Gasteiger partial charge in [0.1, 0.15) is 17.9 Å². The zero-order valence-corrected chi connectivity index (χ0v) is 20.7. The molecule has 1 N–H and O–H groups in total. The van der Waals surface area contributed by atoms with E-state index in [1.54, 1.807) is 11.0 Å². The third-order valence-electron chi connectivity index (χ3n) is 7.04. The van der Waals surface area contributed by atoms with Crippen molar-refractivity contribution in [2.45, 2.75) is 44.9 Å². The summed E-state index contributed by atoms with van der Waals surface area (Å²) in [5.41, 5.74) is 1.91. The van der Waals surface area contributed by atoms with Crippen LogP contribution in [0.25, 0.3) is 11.0 Å². The van der Waals surface area contributed by atoms with Crippen LogP contribution in [0.15, 0.2) is 69.9 Å². The van der Waals surface area contributed by atoms with E-state index in [0.29, 0.717) is 49.4 Å². The minimum atomic E-state index is -0.985. The summed E-state index contributed by atoms with van der Waals surface area (Å²) in [6.07, 6.45) is 1.12. The highest BCUT2D eigenvalue weighted by Gasteiger charge is 2.43. The molecule has 2 aromatic carbocycles. The van der Waals surface area contributed by atoms with Crippen LogP contribution in [0.4, 0.5) is 0 Å². The van der Waals surface area contributed by atoms with E-state index in [1.165, 1.54) is 0 Å². The first-order valence-corrected chi connectivity index (χ1v) is 12.1. The number of likely N-dealkylation sites (tertiary alicyclic amines) is 1. The van der Waals surface area contributed by atoms with E-state index in [2.05, 4.69) is 6.58 Å². The highest BCUT2D eigenvalue weighted by Crippen LogP contribution is 2.36. The van der Waals surface area contributed by atoms with E-state index in [-0.39, 0.29) is 18.7 Å². The number of aryl methyl sites for hydroxylation is 1. The molecule has 0 atom stereocenters. The standard InChI is InChI=1S/C29H31NO6/c1-19(2)18-35-22-9-10-23-20(3)24(27(32)36-25(23)17-22)11-12-26(31)30-15-13-29(14-16-30,28(33)34)21-7-5-4-6-8-21/h4-10,17H,1,11-16,18H2,2-3H3,(H,33,34). The molecule has 1 aliphatic heterocycles. The Kier molecular flexibility index (Phi) is 7.29. The quantitative estimate of drug-likeness (QED) is 0.366. The number of piperidine rings is 1. The first-order chi connectivity index (χ1) is 17.2. The molecule has 36 heavy (non-hydrogen) atoms. The molecule has 7 nitrogen and oxygen atoms in total. The molecular formula is C29H31NO6. The lowest BCUT2D eigenvalue weighted by molar-refractivity contribution is -0.148.